The number of ketones is 1. The predicted octanol–water partition coefficient (Wildman–Crippen LogP) is 10.1. The van der Waals surface area contributed by atoms with Crippen LogP contribution in [0.2, 0.25) is 0 Å². The molecule has 0 aliphatic rings. The van der Waals surface area contributed by atoms with E-state index in [1.165, 1.54) is 94.9 Å². The van der Waals surface area contributed by atoms with Gasteiger partial charge < -0.3 is 4.90 Å². The number of alkyl halides is 3. The quantitative estimate of drug-likeness (QED) is 0.112. The van der Waals surface area contributed by atoms with E-state index in [9.17, 15) is 18.0 Å². The Morgan fingerprint density at radius 1 is 0.703 bits per heavy atom. The fourth-order valence-electron chi connectivity index (χ4n) is 4.53. The first-order valence-corrected chi connectivity index (χ1v) is 14.1. The number of hydrogen-bond donors (Lipinski definition) is 0. The summed E-state index contributed by atoms with van der Waals surface area (Å²) in [5.74, 6) is -1.81. The molecule has 0 aliphatic heterocycles. The molecule has 0 fully saturated rings. The number of para-hydroxylation sites is 1. The van der Waals surface area contributed by atoms with Crippen LogP contribution < -0.4 is 4.90 Å². The molecule has 0 radical (unpaired) electrons. The topological polar surface area (TPSA) is 20.3 Å². The minimum Gasteiger partial charge on any atom is -0.371 e. The first-order chi connectivity index (χ1) is 17.9. The number of hydrogen-bond acceptors (Lipinski definition) is 2. The second-order valence-corrected chi connectivity index (χ2v) is 9.86. The molecule has 2 aromatic carbocycles. The minimum atomic E-state index is -4.86. The number of carbonyl (C=O) groups is 1. The van der Waals surface area contributed by atoms with Gasteiger partial charge in [0.15, 0.2) is 0 Å². The number of unbranched alkanes of at least 4 members (excludes halogenated alkanes) is 10. The molecule has 2 nitrogen and oxygen atoms in total. The number of halogens is 3. The highest BCUT2D eigenvalue weighted by molar-refractivity contribution is 6.00. The van der Waals surface area contributed by atoms with E-state index in [-0.39, 0.29) is 5.56 Å². The molecule has 0 N–H and O–H groups in total. The van der Waals surface area contributed by atoms with Gasteiger partial charge >= 0.3 is 6.18 Å². The normalized spacial score (nSPS) is 11.8. The van der Waals surface area contributed by atoms with Crippen molar-refractivity contribution >= 4 is 23.6 Å². The maximum absolute atomic E-state index is 12.7. The van der Waals surface area contributed by atoms with Gasteiger partial charge in [0.25, 0.3) is 5.78 Å². The molecule has 0 aromatic heterocycles. The van der Waals surface area contributed by atoms with Crippen LogP contribution >= 0.6 is 0 Å². The van der Waals surface area contributed by atoms with Crippen molar-refractivity contribution in [3.05, 3.63) is 65.2 Å². The fourth-order valence-corrected chi connectivity index (χ4v) is 4.53. The maximum Gasteiger partial charge on any atom is 0.454 e. The maximum atomic E-state index is 12.7. The van der Waals surface area contributed by atoms with Crippen molar-refractivity contribution in [2.45, 2.75) is 97.1 Å². The standard InChI is InChI=1S/C32H44F3NO/c1-3-5-7-9-11-15-25-36(26-16-12-10-8-6-4-2)30-18-14-13-17-28(30)22-19-27-20-23-29(24-21-27)31(37)32(33,34)35/h13-14,17-24H,3-12,15-16,25-26H2,1-2H3. The van der Waals surface area contributed by atoms with E-state index in [4.69, 9.17) is 0 Å². The molecule has 0 amide bonds. The first-order valence-electron chi connectivity index (χ1n) is 14.1. The smallest absolute Gasteiger partial charge is 0.371 e. The van der Waals surface area contributed by atoms with Gasteiger partial charge in [-0.2, -0.15) is 13.2 Å². The van der Waals surface area contributed by atoms with Crippen molar-refractivity contribution in [3.8, 4) is 0 Å². The van der Waals surface area contributed by atoms with E-state index >= 15 is 0 Å². The summed E-state index contributed by atoms with van der Waals surface area (Å²) in [6.07, 6.45) is 14.2. The lowest BCUT2D eigenvalue weighted by molar-refractivity contribution is -0.0885. The molecule has 0 unspecified atom stereocenters. The van der Waals surface area contributed by atoms with Gasteiger partial charge in [-0.15, -0.1) is 0 Å². The fraction of sp³-hybridized carbons (Fsp3) is 0.531. The van der Waals surface area contributed by atoms with Crippen molar-refractivity contribution in [3.63, 3.8) is 0 Å². The van der Waals surface area contributed by atoms with E-state index in [0.717, 1.165) is 24.2 Å². The average molecular weight is 516 g/mol. The van der Waals surface area contributed by atoms with Crippen LogP contribution in [0.1, 0.15) is 112 Å². The molecule has 204 valence electrons. The third kappa shape index (κ3) is 11.6. The van der Waals surface area contributed by atoms with Gasteiger partial charge in [-0.05, 0) is 30.0 Å². The second-order valence-electron chi connectivity index (χ2n) is 9.86. The third-order valence-corrected chi connectivity index (χ3v) is 6.73. The molecule has 0 saturated heterocycles. The minimum absolute atomic E-state index is 0.339. The van der Waals surface area contributed by atoms with Gasteiger partial charge in [0.05, 0.1) is 0 Å². The molecular formula is C32H44F3NO. The molecule has 37 heavy (non-hydrogen) atoms. The molecule has 0 aliphatic carbocycles. The Kier molecular flexibility index (Phi) is 14.1. The summed E-state index contributed by atoms with van der Waals surface area (Å²) in [4.78, 5) is 14.0. The highest BCUT2D eigenvalue weighted by Crippen LogP contribution is 2.25. The Morgan fingerprint density at radius 2 is 1.22 bits per heavy atom. The van der Waals surface area contributed by atoms with Crippen LogP contribution in [0.5, 0.6) is 0 Å². The molecule has 0 spiro atoms. The van der Waals surface area contributed by atoms with Gasteiger partial charge in [-0.3, -0.25) is 4.79 Å². The summed E-state index contributed by atoms with van der Waals surface area (Å²) < 4.78 is 38.1. The molecule has 0 bridgehead atoms. The molecule has 2 rings (SSSR count). The number of nitrogens with zero attached hydrogens (tertiary/aromatic N) is 1. The lowest BCUT2D eigenvalue weighted by atomic mass is 10.0. The predicted molar refractivity (Wildman–Crippen MR) is 151 cm³/mol. The Balaban J connectivity index is 2.09. The van der Waals surface area contributed by atoms with Crippen LogP contribution in [0.15, 0.2) is 48.5 Å². The van der Waals surface area contributed by atoms with Crippen molar-refractivity contribution in [2.75, 3.05) is 18.0 Å². The zero-order chi connectivity index (χ0) is 26.9. The zero-order valence-electron chi connectivity index (χ0n) is 22.7. The van der Waals surface area contributed by atoms with Crippen LogP contribution in [0.25, 0.3) is 12.2 Å². The Hall–Kier alpha value is -2.56. The summed E-state index contributed by atoms with van der Waals surface area (Å²) in [5.41, 5.74) is 2.71. The van der Waals surface area contributed by atoms with Gasteiger partial charge in [0, 0.05) is 24.3 Å². The highest BCUT2D eigenvalue weighted by atomic mass is 19.4. The van der Waals surface area contributed by atoms with Crippen LogP contribution in [0.3, 0.4) is 0 Å². The number of carbonyl (C=O) groups excluding carboxylic acids is 1. The van der Waals surface area contributed by atoms with E-state index in [1.54, 1.807) is 12.1 Å². The third-order valence-electron chi connectivity index (χ3n) is 6.73. The average Bonchev–Trinajstić information content (AvgIpc) is 2.89. The van der Waals surface area contributed by atoms with E-state index < -0.39 is 12.0 Å². The Morgan fingerprint density at radius 3 is 1.76 bits per heavy atom. The summed E-state index contributed by atoms with van der Waals surface area (Å²) in [6, 6.07) is 13.9. The molecule has 5 heteroatoms. The molecule has 0 saturated carbocycles. The number of rotatable bonds is 18. The highest BCUT2D eigenvalue weighted by Gasteiger charge is 2.39. The monoisotopic (exact) mass is 515 g/mol. The summed E-state index contributed by atoms with van der Waals surface area (Å²) in [5, 5.41) is 0. The molecule has 0 atom stereocenters. The van der Waals surface area contributed by atoms with E-state index in [2.05, 4.69) is 36.9 Å². The second kappa shape index (κ2) is 17.0. The van der Waals surface area contributed by atoms with Gasteiger partial charge in [-0.25, -0.2) is 0 Å². The molecule has 0 heterocycles. The zero-order valence-corrected chi connectivity index (χ0v) is 22.7. The molecular weight excluding hydrogens is 471 g/mol. The van der Waals surface area contributed by atoms with Gasteiger partial charge in [0.1, 0.15) is 0 Å². The Bertz CT molecular complexity index is 918. The summed E-state index contributed by atoms with van der Waals surface area (Å²) in [7, 11) is 0. The SMILES string of the molecule is CCCCCCCCN(CCCCCCCC)c1ccccc1C=Cc1ccc(C(=O)C(F)(F)F)cc1. The van der Waals surface area contributed by atoms with Crippen molar-refractivity contribution in [1.29, 1.82) is 0 Å². The van der Waals surface area contributed by atoms with E-state index in [1.807, 2.05) is 18.2 Å². The first kappa shape index (κ1) is 30.7. The van der Waals surface area contributed by atoms with Crippen LogP contribution in [-0.4, -0.2) is 25.0 Å². The van der Waals surface area contributed by atoms with Crippen molar-refractivity contribution < 1.29 is 18.0 Å². The lowest BCUT2D eigenvalue weighted by Crippen LogP contribution is -2.26. The summed E-state index contributed by atoms with van der Waals surface area (Å²) in [6.45, 7) is 6.53. The summed E-state index contributed by atoms with van der Waals surface area (Å²) >= 11 is 0. The largest absolute Gasteiger partial charge is 0.454 e. The van der Waals surface area contributed by atoms with Crippen LogP contribution in [-0.2, 0) is 0 Å². The van der Waals surface area contributed by atoms with Crippen LogP contribution in [0, 0.1) is 0 Å². The van der Waals surface area contributed by atoms with E-state index in [0.29, 0.717) is 0 Å². The number of benzene rings is 2. The lowest BCUT2D eigenvalue weighted by Gasteiger charge is -2.27. The number of Topliss-reactive ketones (excluding diaryl/α,β-unsaturated/α-hetero) is 1. The van der Waals surface area contributed by atoms with Crippen LogP contribution in [0.4, 0.5) is 18.9 Å². The Labute approximate surface area is 222 Å². The van der Waals surface area contributed by atoms with Crippen molar-refractivity contribution in [2.24, 2.45) is 0 Å². The molecule has 2 aromatic rings. The van der Waals surface area contributed by atoms with Gasteiger partial charge in [0.2, 0.25) is 0 Å². The number of anilines is 1. The van der Waals surface area contributed by atoms with Crippen molar-refractivity contribution in [1.82, 2.24) is 0 Å². The van der Waals surface area contributed by atoms with Gasteiger partial charge in [-0.1, -0.05) is 133 Å².